The molecular weight excluding hydrogens is 424 g/mol. The Balaban J connectivity index is 2.21. The molecule has 0 fully saturated rings. The second kappa shape index (κ2) is 7.40. The molecule has 0 saturated carbocycles. The molecule has 0 aromatic heterocycles. The Morgan fingerprint density at radius 1 is 0.862 bits per heavy atom. The SMILES string of the molecule is COc1ccc(N=Nc2c(S(=O)(=O)O)cc3cc(S(=O)(=O)O)ccc3c2O)cc1. The summed E-state index contributed by atoms with van der Waals surface area (Å²) in [6.45, 7) is 0. The smallest absolute Gasteiger partial charge is 0.296 e. The Hall–Kier alpha value is -3.06. The van der Waals surface area contributed by atoms with Crippen LogP contribution >= 0.6 is 0 Å². The van der Waals surface area contributed by atoms with E-state index in [-0.39, 0.29) is 10.8 Å². The van der Waals surface area contributed by atoms with Crippen LogP contribution in [0.5, 0.6) is 11.5 Å². The molecule has 152 valence electrons. The van der Waals surface area contributed by atoms with Crippen molar-refractivity contribution in [2.75, 3.05) is 7.11 Å². The first-order chi connectivity index (χ1) is 13.5. The first-order valence-corrected chi connectivity index (χ1v) is 10.7. The van der Waals surface area contributed by atoms with E-state index in [0.717, 1.165) is 24.3 Å². The maximum Gasteiger partial charge on any atom is 0.296 e. The highest BCUT2D eigenvalue weighted by Crippen LogP contribution is 2.41. The van der Waals surface area contributed by atoms with Gasteiger partial charge in [0.1, 0.15) is 16.3 Å². The summed E-state index contributed by atoms with van der Waals surface area (Å²) in [5.41, 5.74) is -0.219. The van der Waals surface area contributed by atoms with Crippen LogP contribution in [-0.4, -0.2) is 38.2 Å². The lowest BCUT2D eigenvalue weighted by Gasteiger charge is -2.09. The van der Waals surface area contributed by atoms with Gasteiger partial charge in [-0.3, -0.25) is 9.11 Å². The third-order valence-corrected chi connectivity index (χ3v) is 5.65. The van der Waals surface area contributed by atoms with Crippen LogP contribution in [0.2, 0.25) is 0 Å². The molecule has 29 heavy (non-hydrogen) atoms. The quantitative estimate of drug-likeness (QED) is 0.403. The lowest BCUT2D eigenvalue weighted by molar-refractivity contribution is 0.415. The Bertz CT molecular complexity index is 1330. The molecule has 0 heterocycles. The number of aromatic hydroxyl groups is 1. The van der Waals surface area contributed by atoms with Crippen LogP contribution in [0.4, 0.5) is 11.4 Å². The fourth-order valence-corrected chi connectivity index (χ4v) is 3.71. The van der Waals surface area contributed by atoms with Gasteiger partial charge in [-0.05, 0) is 53.9 Å². The summed E-state index contributed by atoms with van der Waals surface area (Å²) >= 11 is 0. The lowest BCUT2D eigenvalue weighted by atomic mass is 10.1. The Kier molecular flexibility index (Phi) is 5.28. The minimum atomic E-state index is -4.86. The maximum atomic E-state index is 11.8. The number of hydrogen-bond donors (Lipinski definition) is 3. The molecular formula is C17H14N2O8S2. The van der Waals surface area contributed by atoms with Crippen molar-refractivity contribution in [3.63, 3.8) is 0 Å². The monoisotopic (exact) mass is 438 g/mol. The Labute approximate surface area is 165 Å². The fraction of sp³-hybridized carbons (Fsp3) is 0.0588. The molecule has 0 saturated heterocycles. The number of methoxy groups -OCH3 is 1. The Morgan fingerprint density at radius 2 is 1.52 bits per heavy atom. The lowest BCUT2D eigenvalue weighted by Crippen LogP contribution is -2.00. The highest BCUT2D eigenvalue weighted by molar-refractivity contribution is 7.86. The molecule has 3 aromatic carbocycles. The van der Waals surface area contributed by atoms with Crippen LogP contribution in [0.25, 0.3) is 10.8 Å². The van der Waals surface area contributed by atoms with E-state index in [2.05, 4.69) is 10.2 Å². The van der Waals surface area contributed by atoms with Gasteiger partial charge in [0.25, 0.3) is 20.2 Å². The van der Waals surface area contributed by atoms with Crippen LogP contribution in [0, 0.1) is 0 Å². The van der Waals surface area contributed by atoms with Gasteiger partial charge < -0.3 is 9.84 Å². The minimum absolute atomic E-state index is 0.0356. The highest BCUT2D eigenvalue weighted by Gasteiger charge is 2.23. The molecule has 10 nitrogen and oxygen atoms in total. The number of phenolic OH excluding ortho intramolecular Hbond substituents is 1. The topological polar surface area (TPSA) is 163 Å². The van der Waals surface area contributed by atoms with Gasteiger partial charge in [-0.25, -0.2) is 0 Å². The van der Waals surface area contributed by atoms with Gasteiger partial charge in [-0.15, -0.1) is 5.11 Å². The minimum Gasteiger partial charge on any atom is -0.505 e. The van der Waals surface area contributed by atoms with Crippen molar-refractivity contribution in [2.45, 2.75) is 9.79 Å². The van der Waals surface area contributed by atoms with E-state index < -0.39 is 41.5 Å². The molecule has 0 atom stereocenters. The summed E-state index contributed by atoms with van der Waals surface area (Å²) in [6.07, 6.45) is 0. The number of rotatable bonds is 5. The zero-order chi connectivity index (χ0) is 21.4. The predicted molar refractivity (Wildman–Crippen MR) is 102 cm³/mol. The highest BCUT2D eigenvalue weighted by atomic mass is 32.2. The van der Waals surface area contributed by atoms with E-state index in [9.17, 15) is 26.5 Å². The van der Waals surface area contributed by atoms with E-state index >= 15 is 0 Å². The third kappa shape index (κ3) is 4.35. The molecule has 0 unspecified atom stereocenters. The molecule has 0 bridgehead atoms. The second-order valence-electron chi connectivity index (χ2n) is 5.80. The molecule has 0 aliphatic rings. The zero-order valence-corrected chi connectivity index (χ0v) is 16.3. The van der Waals surface area contributed by atoms with Crippen molar-refractivity contribution in [3.8, 4) is 11.5 Å². The number of azo groups is 1. The summed E-state index contributed by atoms with van der Waals surface area (Å²) in [7, 11) is -7.94. The summed E-state index contributed by atoms with van der Waals surface area (Å²) in [5, 5.41) is 18.1. The van der Waals surface area contributed by atoms with E-state index in [0.29, 0.717) is 11.4 Å². The van der Waals surface area contributed by atoms with Crippen LogP contribution in [-0.2, 0) is 20.2 Å². The van der Waals surface area contributed by atoms with E-state index in [1.807, 2.05) is 0 Å². The number of ether oxygens (including phenoxy) is 1. The van der Waals surface area contributed by atoms with Crippen LogP contribution < -0.4 is 4.74 Å². The van der Waals surface area contributed by atoms with Crippen LogP contribution in [0.3, 0.4) is 0 Å². The van der Waals surface area contributed by atoms with Gasteiger partial charge in [-0.2, -0.15) is 21.9 Å². The van der Waals surface area contributed by atoms with E-state index in [4.69, 9.17) is 9.29 Å². The van der Waals surface area contributed by atoms with E-state index in [1.165, 1.54) is 19.2 Å². The van der Waals surface area contributed by atoms with Crippen molar-refractivity contribution in [1.82, 2.24) is 0 Å². The fourth-order valence-electron chi connectivity index (χ4n) is 2.54. The van der Waals surface area contributed by atoms with Gasteiger partial charge in [0.2, 0.25) is 0 Å². The molecule has 0 aliphatic heterocycles. The number of hydrogen-bond acceptors (Lipinski definition) is 8. The standard InChI is InChI=1S/C17H14N2O8S2/c1-27-12-4-2-11(3-5-12)18-19-16-15(29(24,25)26)9-10-8-13(28(21,22)23)6-7-14(10)17(16)20/h2-9,20H,1H3,(H,21,22,23)(H,24,25,26). The summed E-state index contributed by atoms with van der Waals surface area (Å²) in [5.74, 6) is -0.0833. The first kappa shape index (κ1) is 20.7. The van der Waals surface area contributed by atoms with Crippen molar-refractivity contribution < 1.29 is 35.8 Å². The molecule has 0 spiro atoms. The van der Waals surface area contributed by atoms with Crippen molar-refractivity contribution >= 4 is 42.4 Å². The molecule has 12 heteroatoms. The second-order valence-corrected chi connectivity index (χ2v) is 8.61. The molecule has 3 rings (SSSR count). The molecule has 3 aromatic rings. The number of benzene rings is 3. The number of phenols is 1. The van der Waals surface area contributed by atoms with Gasteiger partial charge >= 0.3 is 0 Å². The first-order valence-electron chi connectivity index (χ1n) is 7.81. The molecule has 0 amide bonds. The number of fused-ring (bicyclic) bond motifs is 1. The zero-order valence-electron chi connectivity index (χ0n) is 14.7. The van der Waals surface area contributed by atoms with E-state index in [1.54, 1.807) is 12.1 Å². The van der Waals surface area contributed by atoms with Gasteiger partial charge in [0, 0.05) is 5.39 Å². The maximum absolute atomic E-state index is 11.8. The van der Waals surface area contributed by atoms with Gasteiger partial charge in [0.15, 0.2) is 5.75 Å². The molecule has 0 aliphatic carbocycles. The normalized spacial score (nSPS) is 12.5. The van der Waals surface area contributed by atoms with Crippen molar-refractivity contribution in [3.05, 3.63) is 48.5 Å². The van der Waals surface area contributed by atoms with Gasteiger partial charge in [-0.1, -0.05) is 0 Å². The number of nitrogens with zero attached hydrogens (tertiary/aromatic N) is 2. The largest absolute Gasteiger partial charge is 0.505 e. The average molecular weight is 438 g/mol. The third-order valence-electron chi connectivity index (χ3n) is 3.94. The van der Waals surface area contributed by atoms with Crippen LogP contribution in [0.15, 0.2) is 68.6 Å². The van der Waals surface area contributed by atoms with Crippen molar-refractivity contribution in [1.29, 1.82) is 0 Å². The van der Waals surface area contributed by atoms with Gasteiger partial charge in [0.05, 0.1) is 17.7 Å². The summed E-state index contributed by atoms with van der Waals surface area (Å²) < 4.78 is 69.9. The Morgan fingerprint density at radius 3 is 2.07 bits per heavy atom. The predicted octanol–water partition coefficient (Wildman–Crippen LogP) is 3.46. The average Bonchev–Trinajstić information content (AvgIpc) is 2.65. The molecule has 3 N–H and O–H groups in total. The summed E-state index contributed by atoms with van der Waals surface area (Å²) in [4.78, 5) is -1.30. The van der Waals surface area contributed by atoms with Crippen LogP contribution in [0.1, 0.15) is 0 Å². The van der Waals surface area contributed by atoms with Crippen molar-refractivity contribution in [2.24, 2.45) is 10.2 Å². The summed E-state index contributed by atoms with van der Waals surface area (Å²) in [6, 6.07) is 10.3. The molecule has 0 radical (unpaired) electrons.